The standard InChI is InChI=1S/C13H21N3OS/c1-4-17-13-7-5-6-12(15-13)16(10(2)3)9-8-11(14)18/h5-7,10H,4,8-9H2,1-3H3,(H2,14,18). The van der Waals surface area contributed by atoms with Crippen LogP contribution < -0.4 is 15.4 Å². The van der Waals surface area contributed by atoms with Crippen LogP contribution in [-0.4, -0.2) is 29.2 Å². The van der Waals surface area contributed by atoms with Crippen molar-refractivity contribution in [3.05, 3.63) is 18.2 Å². The Morgan fingerprint density at radius 3 is 2.78 bits per heavy atom. The molecule has 0 spiro atoms. The van der Waals surface area contributed by atoms with Gasteiger partial charge in [-0.3, -0.25) is 0 Å². The lowest BCUT2D eigenvalue weighted by molar-refractivity contribution is 0.327. The molecule has 0 amide bonds. The number of rotatable bonds is 7. The molecule has 18 heavy (non-hydrogen) atoms. The van der Waals surface area contributed by atoms with Crippen LogP contribution >= 0.6 is 12.2 Å². The molecule has 0 fully saturated rings. The third-order valence-corrected chi connectivity index (χ3v) is 2.72. The second-order valence-electron chi connectivity index (χ2n) is 4.27. The fourth-order valence-corrected chi connectivity index (χ4v) is 1.75. The summed E-state index contributed by atoms with van der Waals surface area (Å²) in [6.07, 6.45) is 0.689. The van der Waals surface area contributed by atoms with Crippen LogP contribution in [0.4, 0.5) is 5.82 Å². The van der Waals surface area contributed by atoms with Crippen LogP contribution in [-0.2, 0) is 0 Å². The highest BCUT2D eigenvalue weighted by Gasteiger charge is 2.12. The highest BCUT2D eigenvalue weighted by molar-refractivity contribution is 7.80. The van der Waals surface area contributed by atoms with Gasteiger partial charge in [0.2, 0.25) is 5.88 Å². The summed E-state index contributed by atoms with van der Waals surface area (Å²) in [7, 11) is 0. The highest BCUT2D eigenvalue weighted by atomic mass is 32.1. The van der Waals surface area contributed by atoms with E-state index in [1.807, 2.05) is 25.1 Å². The maximum atomic E-state index is 5.56. The third kappa shape index (κ3) is 4.49. The van der Waals surface area contributed by atoms with E-state index in [-0.39, 0.29) is 0 Å². The lowest BCUT2D eigenvalue weighted by Gasteiger charge is -2.27. The van der Waals surface area contributed by atoms with Gasteiger partial charge in [-0.1, -0.05) is 18.3 Å². The van der Waals surface area contributed by atoms with E-state index in [1.54, 1.807) is 0 Å². The zero-order valence-corrected chi connectivity index (χ0v) is 12.0. The van der Waals surface area contributed by atoms with E-state index in [9.17, 15) is 0 Å². The largest absolute Gasteiger partial charge is 0.478 e. The zero-order chi connectivity index (χ0) is 13.5. The van der Waals surface area contributed by atoms with E-state index < -0.39 is 0 Å². The molecule has 0 atom stereocenters. The van der Waals surface area contributed by atoms with Crippen molar-refractivity contribution in [2.45, 2.75) is 33.2 Å². The molecule has 1 aromatic heterocycles. The number of hydrogen-bond donors (Lipinski definition) is 1. The van der Waals surface area contributed by atoms with Crippen LogP contribution in [0.15, 0.2) is 18.2 Å². The Morgan fingerprint density at radius 1 is 1.50 bits per heavy atom. The Morgan fingerprint density at radius 2 is 2.22 bits per heavy atom. The molecule has 4 nitrogen and oxygen atoms in total. The minimum Gasteiger partial charge on any atom is -0.478 e. The first kappa shape index (κ1) is 14.7. The fraction of sp³-hybridized carbons (Fsp3) is 0.538. The fourth-order valence-electron chi connectivity index (χ4n) is 1.66. The molecule has 0 aliphatic carbocycles. The normalized spacial score (nSPS) is 10.4. The minimum atomic E-state index is 0.337. The number of nitrogens with two attached hydrogens (primary N) is 1. The summed E-state index contributed by atoms with van der Waals surface area (Å²) >= 11 is 4.92. The Balaban J connectivity index is 2.84. The van der Waals surface area contributed by atoms with Gasteiger partial charge < -0.3 is 15.4 Å². The monoisotopic (exact) mass is 267 g/mol. The second-order valence-corrected chi connectivity index (χ2v) is 4.79. The van der Waals surface area contributed by atoms with Gasteiger partial charge in [-0.15, -0.1) is 0 Å². The molecule has 0 saturated carbocycles. The summed E-state index contributed by atoms with van der Waals surface area (Å²) in [5, 5.41) is 0. The van der Waals surface area contributed by atoms with Crippen molar-refractivity contribution in [1.29, 1.82) is 0 Å². The van der Waals surface area contributed by atoms with Gasteiger partial charge in [0.25, 0.3) is 0 Å². The van der Waals surface area contributed by atoms with Gasteiger partial charge in [-0.25, -0.2) is 0 Å². The molecule has 0 radical (unpaired) electrons. The van der Waals surface area contributed by atoms with Crippen LogP contribution in [0.2, 0.25) is 0 Å². The molecule has 0 unspecified atom stereocenters. The van der Waals surface area contributed by atoms with Crippen molar-refractivity contribution in [1.82, 2.24) is 4.98 Å². The van der Waals surface area contributed by atoms with Crippen molar-refractivity contribution in [3.63, 3.8) is 0 Å². The van der Waals surface area contributed by atoms with Crippen molar-refractivity contribution >= 4 is 23.0 Å². The quantitative estimate of drug-likeness (QED) is 0.769. The van der Waals surface area contributed by atoms with Gasteiger partial charge in [0.05, 0.1) is 11.6 Å². The predicted octanol–water partition coefficient (Wildman–Crippen LogP) is 2.37. The predicted molar refractivity (Wildman–Crippen MR) is 79.3 cm³/mol. The first-order valence-electron chi connectivity index (χ1n) is 6.19. The Bertz CT molecular complexity index is 396. The molecule has 1 aromatic rings. The van der Waals surface area contributed by atoms with Gasteiger partial charge in [-0.05, 0) is 26.8 Å². The Hall–Kier alpha value is -1.36. The number of ether oxygens (including phenoxy) is 1. The highest BCUT2D eigenvalue weighted by Crippen LogP contribution is 2.18. The number of aromatic nitrogens is 1. The van der Waals surface area contributed by atoms with E-state index >= 15 is 0 Å². The summed E-state index contributed by atoms with van der Waals surface area (Å²) in [4.78, 5) is 7.18. The number of thiocarbonyl (C=S) groups is 1. The average molecular weight is 267 g/mol. The molecule has 0 bridgehead atoms. The summed E-state index contributed by atoms with van der Waals surface area (Å²) in [6.45, 7) is 7.57. The van der Waals surface area contributed by atoms with E-state index in [0.717, 1.165) is 12.4 Å². The minimum absolute atomic E-state index is 0.337. The molecule has 0 aromatic carbocycles. The van der Waals surface area contributed by atoms with Crippen LogP contribution in [0.25, 0.3) is 0 Å². The molecule has 0 saturated heterocycles. The molecule has 1 rings (SSSR count). The number of hydrogen-bond acceptors (Lipinski definition) is 4. The Labute approximate surface area is 114 Å². The average Bonchev–Trinajstić information content (AvgIpc) is 2.29. The topological polar surface area (TPSA) is 51.4 Å². The van der Waals surface area contributed by atoms with Crippen molar-refractivity contribution < 1.29 is 4.74 Å². The van der Waals surface area contributed by atoms with Crippen LogP contribution in [0.1, 0.15) is 27.2 Å². The zero-order valence-electron chi connectivity index (χ0n) is 11.2. The van der Waals surface area contributed by atoms with E-state index in [1.165, 1.54) is 0 Å². The molecular formula is C13H21N3OS. The van der Waals surface area contributed by atoms with E-state index in [2.05, 4.69) is 23.7 Å². The molecule has 0 aliphatic rings. The van der Waals surface area contributed by atoms with Gasteiger partial charge in [0, 0.05) is 25.1 Å². The van der Waals surface area contributed by atoms with Gasteiger partial charge in [0.15, 0.2) is 0 Å². The molecule has 1 heterocycles. The maximum absolute atomic E-state index is 5.56. The van der Waals surface area contributed by atoms with Gasteiger partial charge in [-0.2, -0.15) is 4.98 Å². The van der Waals surface area contributed by atoms with E-state index in [4.69, 9.17) is 22.7 Å². The third-order valence-electron chi connectivity index (χ3n) is 2.52. The summed E-state index contributed by atoms with van der Waals surface area (Å²) in [6, 6.07) is 6.12. The van der Waals surface area contributed by atoms with Gasteiger partial charge in [0.1, 0.15) is 5.82 Å². The number of pyridine rings is 1. The van der Waals surface area contributed by atoms with Crippen molar-refractivity contribution in [2.75, 3.05) is 18.1 Å². The molecule has 100 valence electrons. The summed E-state index contributed by atoms with van der Waals surface area (Å²) in [5.41, 5.74) is 5.56. The Kier molecular flexibility index (Phi) is 5.85. The van der Waals surface area contributed by atoms with Crippen LogP contribution in [0.3, 0.4) is 0 Å². The summed E-state index contributed by atoms with van der Waals surface area (Å²) < 4.78 is 5.41. The first-order chi connectivity index (χ1) is 8.54. The molecule has 2 N–H and O–H groups in total. The van der Waals surface area contributed by atoms with Crippen LogP contribution in [0, 0.1) is 0 Å². The van der Waals surface area contributed by atoms with Crippen molar-refractivity contribution in [2.24, 2.45) is 5.73 Å². The number of nitrogens with zero attached hydrogens (tertiary/aromatic N) is 2. The number of anilines is 1. The van der Waals surface area contributed by atoms with E-state index in [0.29, 0.717) is 29.9 Å². The first-order valence-corrected chi connectivity index (χ1v) is 6.60. The van der Waals surface area contributed by atoms with Crippen molar-refractivity contribution in [3.8, 4) is 5.88 Å². The van der Waals surface area contributed by atoms with Gasteiger partial charge >= 0.3 is 0 Å². The lowest BCUT2D eigenvalue weighted by atomic mass is 10.2. The SMILES string of the molecule is CCOc1cccc(N(CCC(N)=S)C(C)C)n1. The lowest BCUT2D eigenvalue weighted by Crippen LogP contribution is -2.34. The maximum Gasteiger partial charge on any atom is 0.215 e. The second kappa shape index (κ2) is 7.16. The molecular weight excluding hydrogens is 246 g/mol. The van der Waals surface area contributed by atoms with Crippen LogP contribution in [0.5, 0.6) is 5.88 Å². The molecule has 0 aliphatic heterocycles. The smallest absolute Gasteiger partial charge is 0.215 e. The summed E-state index contributed by atoms with van der Waals surface area (Å²) in [5.74, 6) is 1.54. The molecule has 5 heteroatoms.